The first-order chi connectivity index (χ1) is 16.5. The van der Waals surface area contributed by atoms with Gasteiger partial charge in [0, 0.05) is 49.0 Å². The van der Waals surface area contributed by atoms with E-state index in [1.807, 2.05) is 54.2 Å². The van der Waals surface area contributed by atoms with Crippen LogP contribution in [0.4, 0.5) is 11.6 Å². The zero-order chi connectivity index (χ0) is 23.7. The Hall–Kier alpha value is -4.72. The zero-order valence-corrected chi connectivity index (χ0v) is 18.7. The van der Waals surface area contributed by atoms with Crippen molar-refractivity contribution in [3.05, 3.63) is 90.5 Å². The Morgan fingerprint density at radius 3 is 2.68 bits per heavy atom. The molecule has 5 aromatic rings. The number of imidazole rings is 1. The maximum absolute atomic E-state index is 11.4. The van der Waals surface area contributed by atoms with Crippen LogP contribution < -0.4 is 15.8 Å². The van der Waals surface area contributed by atoms with E-state index in [4.69, 9.17) is 15.5 Å². The summed E-state index contributed by atoms with van der Waals surface area (Å²) in [5.74, 6) is 1.16. The fourth-order valence-corrected chi connectivity index (χ4v) is 3.76. The van der Waals surface area contributed by atoms with E-state index in [2.05, 4.69) is 34.3 Å². The van der Waals surface area contributed by atoms with Crippen molar-refractivity contribution in [1.82, 2.24) is 19.5 Å². The third kappa shape index (κ3) is 4.16. The highest BCUT2D eigenvalue weighted by molar-refractivity contribution is 5.91. The number of anilines is 2. The Balaban J connectivity index is 1.43. The van der Waals surface area contributed by atoms with Crippen molar-refractivity contribution in [2.75, 3.05) is 5.32 Å². The molecule has 0 aliphatic carbocycles. The molecule has 2 aromatic carbocycles. The van der Waals surface area contributed by atoms with E-state index in [0.717, 1.165) is 27.8 Å². The van der Waals surface area contributed by atoms with E-state index in [0.29, 0.717) is 17.4 Å². The molecule has 3 heterocycles. The second-order valence-electron chi connectivity index (χ2n) is 7.88. The van der Waals surface area contributed by atoms with E-state index < -0.39 is 5.91 Å². The van der Waals surface area contributed by atoms with Crippen LogP contribution in [0.25, 0.3) is 22.2 Å². The number of carbonyl (C=O) groups excluding carboxylic acids is 1. The van der Waals surface area contributed by atoms with Crippen LogP contribution in [0.5, 0.6) is 11.5 Å². The lowest BCUT2D eigenvalue weighted by atomic mass is 10.0. The van der Waals surface area contributed by atoms with Gasteiger partial charge in [-0.15, -0.1) is 0 Å². The molecule has 0 unspecified atom stereocenters. The van der Waals surface area contributed by atoms with E-state index in [-0.39, 0.29) is 5.69 Å². The monoisotopic (exact) mass is 450 g/mol. The number of aryl methyl sites for hydroxylation is 2. The molecule has 0 fully saturated rings. The normalized spacial score (nSPS) is 10.9. The molecule has 0 atom stereocenters. The Morgan fingerprint density at radius 1 is 1.03 bits per heavy atom. The maximum atomic E-state index is 11.4. The van der Waals surface area contributed by atoms with Gasteiger partial charge in [0.2, 0.25) is 5.95 Å². The lowest BCUT2D eigenvalue weighted by Gasteiger charge is -2.11. The molecule has 8 nitrogen and oxygen atoms in total. The summed E-state index contributed by atoms with van der Waals surface area (Å²) in [6.45, 7) is 2.08. The largest absolute Gasteiger partial charge is 0.457 e. The van der Waals surface area contributed by atoms with Crippen LogP contribution in [0.1, 0.15) is 16.1 Å². The minimum absolute atomic E-state index is 0.145. The summed E-state index contributed by atoms with van der Waals surface area (Å²) < 4.78 is 7.89. The van der Waals surface area contributed by atoms with Gasteiger partial charge in [0.1, 0.15) is 17.2 Å². The van der Waals surface area contributed by atoms with Crippen molar-refractivity contribution in [1.29, 1.82) is 0 Å². The summed E-state index contributed by atoms with van der Waals surface area (Å²) in [7, 11) is 1.95. The molecule has 168 valence electrons. The quantitative estimate of drug-likeness (QED) is 0.378. The lowest BCUT2D eigenvalue weighted by molar-refractivity contribution is 0.0995. The highest BCUT2D eigenvalue weighted by Gasteiger charge is 2.12. The molecule has 0 saturated carbocycles. The average Bonchev–Trinajstić information content (AvgIpc) is 3.15. The summed E-state index contributed by atoms with van der Waals surface area (Å²) in [5.41, 5.74) is 11.4. The van der Waals surface area contributed by atoms with Crippen LogP contribution in [0.3, 0.4) is 0 Å². The number of aromatic nitrogens is 4. The first-order valence-electron chi connectivity index (χ1n) is 10.7. The van der Waals surface area contributed by atoms with Crippen LogP contribution in [-0.4, -0.2) is 25.4 Å². The van der Waals surface area contributed by atoms with Gasteiger partial charge in [-0.1, -0.05) is 12.1 Å². The van der Waals surface area contributed by atoms with Gasteiger partial charge in [0.15, 0.2) is 0 Å². The van der Waals surface area contributed by atoms with Gasteiger partial charge in [-0.3, -0.25) is 14.8 Å². The fraction of sp³-hybridized carbons (Fsp3) is 0.0769. The van der Waals surface area contributed by atoms with Crippen molar-refractivity contribution in [3.8, 4) is 22.6 Å². The van der Waals surface area contributed by atoms with Crippen LogP contribution in [0, 0.1) is 6.92 Å². The molecule has 5 rings (SSSR count). The van der Waals surface area contributed by atoms with E-state index in [1.54, 1.807) is 12.3 Å². The molecule has 0 aliphatic rings. The molecule has 8 heteroatoms. The predicted octanol–water partition coefficient (Wildman–Crippen LogP) is 4.97. The van der Waals surface area contributed by atoms with Gasteiger partial charge in [0.05, 0.1) is 11.0 Å². The summed E-state index contributed by atoms with van der Waals surface area (Å²) in [6.07, 6.45) is 5.11. The van der Waals surface area contributed by atoms with Gasteiger partial charge in [-0.2, -0.15) is 0 Å². The molecule has 34 heavy (non-hydrogen) atoms. The van der Waals surface area contributed by atoms with Gasteiger partial charge in [-0.25, -0.2) is 4.98 Å². The summed E-state index contributed by atoms with van der Waals surface area (Å²) >= 11 is 0. The number of nitrogens with one attached hydrogen (secondary N) is 1. The zero-order valence-electron chi connectivity index (χ0n) is 18.7. The second kappa shape index (κ2) is 8.67. The van der Waals surface area contributed by atoms with Gasteiger partial charge >= 0.3 is 0 Å². The maximum Gasteiger partial charge on any atom is 0.267 e. The Kier molecular flexibility index (Phi) is 5.39. The molecule has 0 radical (unpaired) electrons. The first kappa shape index (κ1) is 21.1. The molecule has 0 aliphatic heterocycles. The Labute approximate surface area is 196 Å². The van der Waals surface area contributed by atoms with Crippen molar-refractivity contribution in [3.63, 3.8) is 0 Å². The van der Waals surface area contributed by atoms with Crippen molar-refractivity contribution in [2.24, 2.45) is 12.8 Å². The number of amides is 1. The van der Waals surface area contributed by atoms with Crippen LogP contribution in [0.15, 0.2) is 79.3 Å². The summed E-state index contributed by atoms with van der Waals surface area (Å²) in [6, 6.07) is 19.0. The molecule has 1 amide bonds. The number of carbonyl (C=O) groups is 1. The minimum atomic E-state index is -0.607. The van der Waals surface area contributed by atoms with Crippen LogP contribution >= 0.6 is 0 Å². The lowest BCUT2D eigenvalue weighted by Crippen LogP contribution is -2.12. The molecular weight excluding hydrogens is 428 g/mol. The SMILES string of the molecule is Cc1ccc(Nc2nc3cc(Oc4ccnc(C(N)=O)c4)ccc3n2C)cc1-c1cccnc1. The van der Waals surface area contributed by atoms with Crippen LogP contribution in [-0.2, 0) is 7.05 Å². The third-order valence-corrected chi connectivity index (χ3v) is 5.54. The third-order valence-electron chi connectivity index (χ3n) is 5.54. The number of fused-ring (bicyclic) bond motifs is 1. The van der Waals surface area contributed by atoms with E-state index in [9.17, 15) is 4.79 Å². The Bertz CT molecular complexity index is 1510. The number of benzene rings is 2. The van der Waals surface area contributed by atoms with E-state index in [1.165, 1.54) is 17.8 Å². The van der Waals surface area contributed by atoms with Crippen molar-refractivity contribution in [2.45, 2.75) is 6.92 Å². The van der Waals surface area contributed by atoms with Gasteiger partial charge < -0.3 is 20.4 Å². The average molecular weight is 451 g/mol. The smallest absolute Gasteiger partial charge is 0.267 e. The molecule has 3 aromatic heterocycles. The highest BCUT2D eigenvalue weighted by Crippen LogP contribution is 2.30. The fourth-order valence-electron chi connectivity index (χ4n) is 3.76. The number of pyridine rings is 2. The number of hydrogen-bond donors (Lipinski definition) is 2. The molecule has 0 saturated heterocycles. The number of nitrogens with two attached hydrogens (primary N) is 1. The second-order valence-corrected chi connectivity index (χ2v) is 7.88. The summed E-state index contributed by atoms with van der Waals surface area (Å²) in [5, 5.41) is 3.42. The predicted molar refractivity (Wildman–Crippen MR) is 131 cm³/mol. The molecule has 0 bridgehead atoms. The van der Waals surface area contributed by atoms with Crippen molar-refractivity contribution < 1.29 is 9.53 Å². The topological polar surface area (TPSA) is 108 Å². The standard InChI is InChI=1S/C26H22N6O2/c1-16-5-6-18(12-21(16)17-4-3-10-28-15-17)30-26-31-22-13-19(7-8-24(22)32(26)2)34-20-9-11-29-23(14-20)25(27)33/h3-15H,1-2H3,(H2,27,33)(H,30,31). The summed E-state index contributed by atoms with van der Waals surface area (Å²) in [4.78, 5) is 24.3. The number of hydrogen-bond acceptors (Lipinski definition) is 6. The number of rotatable bonds is 6. The number of nitrogens with zero attached hydrogens (tertiary/aromatic N) is 4. The minimum Gasteiger partial charge on any atom is -0.457 e. The van der Waals surface area contributed by atoms with Crippen molar-refractivity contribution >= 4 is 28.6 Å². The molecule has 3 N–H and O–H groups in total. The Morgan fingerprint density at radius 2 is 1.88 bits per heavy atom. The van der Waals surface area contributed by atoms with Gasteiger partial charge in [-0.05, 0) is 54.4 Å². The molecule has 0 spiro atoms. The van der Waals surface area contributed by atoms with Crippen LogP contribution in [0.2, 0.25) is 0 Å². The first-order valence-corrected chi connectivity index (χ1v) is 10.7. The highest BCUT2D eigenvalue weighted by atomic mass is 16.5. The van der Waals surface area contributed by atoms with E-state index >= 15 is 0 Å². The number of ether oxygens (including phenoxy) is 1. The molecular formula is C26H22N6O2. The number of primary amides is 1. The van der Waals surface area contributed by atoms with Gasteiger partial charge in [0.25, 0.3) is 5.91 Å².